The van der Waals surface area contributed by atoms with E-state index in [0.717, 1.165) is 51.2 Å². The Balaban J connectivity index is 1.33. The minimum absolute atomic E-state index is 0.196. The number of hydrogen-bond donors (Lipinski definition) is 1. The van der Waals surface area contributed by atoms with E-state index in [0.29, 0.717) is 18.6 Å². The molecule has 5 heteroatoms. The molecule has 1 saturated carbocycles. The van der Waals surface area contributed by atoms with Gasteiger partial charge in [0.1, 0.15) is 5.75 Å². The van der Waals surface area contributed by atoms with Crippen LogP contribution in [0.5, 0.6) is 5.75 Å². The number of nitrogens with one attached hydrogen (secondary N) is 1. The molecule has 1 unspecified atom stereocenters. The Morgan fingerprint density at radius 1 is 1.21 bits per heavy atom. The normalized spacial score (nSPS) is 24.6. The van der Waals surface area contributed by atoms with Gasteiger partial charge in [0.25, 0.3) is 0 Å². The van der Waals surface area contributed by atoms with Crippen LogP contribution in [0.4, 0.5) is 0 Å². The minimum Gasteiger partial charge on any atom is -0.497 e. The largest absolute Gasteiger partial charge is 0.497 e. The number of piperazine rings is 1. The Hall–Kier alpha value is -1.59. The first-order valence-corrected chi connectivity index (χ1v) is 9.15. The van der Waals surface area contributed by atoms with Gasteiger partial charge in [0.05, 0.1) is 13.7 Å². The van der Waals surface area contributed by atoms with Crippen LogP contribution in [0.25, 0.3) is 0 Å². The number of hydrogen-bond acceptors (Lipinski definition) is 4. The van der Waals surface area contributed by atoms with Crippen molar-refractivity contribution in [1.82, 2.24) is 15.1 Å². The Kier molecular flexibility index (Phi) is 4.46. The number of rotatable bonds is 5. The van der Waals surface area contributed by atoms with Gasteiger partial charge in [-0.3, -0.25) is 14.6 Å². The van der Waals surface area contributed by atoms with Gasteiger partial charge in [0.15, 0.2) is 0 Å². The number of benzene rings is 1. The average Bonchev–Trinajstić information content (AvgIpc) is 3.31. The Labute approximate surface area is 144 Å². The van der Waals surface area contributed by atoms with Gasteiger partial charge in [-0.1, -0.05) is 6.07 Å². The molecule has 0 radical (unpaired) electrons. The lowest BCUT2D eigenvalue weighted by atomic mass is 10.1. The van der Waals surface area contributed by atoms with Crippen LogP contribution in [0.2, 0.25) is 0 Å². The molecule has 5 nitrogen and oxygen atoms in total. The van der Waals surface area contributed by atoms with Crippen LogP contribution in [0, 0.1) is 0 Å². The summed E-state index contributed by atoms with van der Waals surface area (Å²) < 4.78 is 5.40. The lowest BCUT2D eigenvalue weighted by molar-refractivity contribution is -0.122. The van der Waals surface area contributed by atoms with Crippen LogP contribution < -0.4 is 10.1 Å². The van der Waals surface area contributed by atoms with Gasteiger partial charge in [-0.05, 0) is 48.9 Å². The third-order valence-corrected chi connectivity index (χ3v) is 5.56. The Bertz CT molecular complexity index is 607. The summed E-state index contributed by atoms with van der Waals surface area (Å²) in [5.41, 5.74) is 2.90. The monoisotopic (exact) mass is 329 g/mol. The molecule has 2 fully saturated rings. The smallest absolute Gasteiger partial charge is 0.234 e. The molecule has 4 rings (SSSR count). The predicted molar refractivity (Wildman–Crippen MR) is 93.2 cm³/mol. The SMILES string of the molecule is COc1ccc2c(c1)C(N1CCN(CC(=O)NC3CC3)CC1)CC2. The van der Waals surface area contributed by atoms with Crippen molar-refractivity contribution >= 4 is 5.91 Å². The van der Waals surface area contributed by atoms with Crippen LogP contribution in [0.1, 0.15) is 36.4 Å². The van der Waals surface area contributed by atoms with Gasteiger partial charge >= 0.3 is 0 Å². The van der Waals surface area contributed by atoms with Crippen molar-refractivity contribution in [1.29, 1.82) is 0 Å². The van der Waals surface area contributed by atoms with Crippen molar-refractivity contribution in [2.24, 2.45) is 0 Å². The van der Waals surface area contributed by atoms with E-state index >= 15 is 0 Å². The minimum atomic E-state index is 0.196. The maximum absolute atomic E-state index is 12.0. The van der Waals surface area contributed by atoms with Crippen molar-refractivity contribution in [2.75, 3.05) is 39.8 Å². The first kappa shape index (κ1) is 15.9. The molecular formula is C19H27N3O2. The molecule has 0 bridgehead atoms. The molecule has 0 spiro atoms. The summed E-state index contributed by atoms with van der Waals surface area (Å²) in [6, 6.07) is 7.47. The zero-order valence-electron chi connectivity index (χ0n) is 14.5. The number of carbonyl (C=O) groups is 1. The molecule has 1 amide bonds. The number of amides is 1. The van der Waals surface area contributed by atoms with Crippen LogP contribution in [0.15, 0.2) is 18.2 Å². The van der Waals surface area contributed by atoms with Crippen molar-refractivity contribution < 1.29 is 9.53 Å². The summed E-state index contributed by atoms with van der Waals surface area (Å²) in [6.07, 6.45) is 4.67. The van der Waals surface area contributed by atoms with Crippen molar-refractivity contribution in [3.05, 3.63) is 29.3 Å². The highest BCUT2D eigenvalue weighted by Crippen LogP contribution is 2.38. The molecule has 1 saturated heterocycles. The zero-order chi connectivity index (χ0) is 16.5. The third-order valence-electron chi connectivity index (χ3n) is 5.56. The summed E-state index contributed by atoms with van der Waals surface area (Å²) in [5.74, 6) is 1.15. The zero-order valence-corrected chi connectivity index (χ0v) is 14.5. The quantitative estimate of drug-likeness (QED) is 0.891. The van der Waals surface area contributed by atoms with E-state index in [-0.39, 0.29) is 5.91 Å². The molecule has 130 valence electrons. The molecule has 1 N–H and O–H groups in total. The second-order valence-corrected chi connectivity index (χ2v) is 7.27. The molecule has 1 aliphatic heterocycles. The van der Waals surface area contributed by atoms with Crippen molar-refractivity contribution in [3.8, 4) is 5.75 Å². The first-order valence-electron chi connectivity index (χ1n) is 9.15. The molecule has 1 heterocycles. The molecular weight excluding hydrogens is 302 g/mol. The number of ether oxygens (including phenoxy) is 1. The average molecular weight is 329 g/mol. The van der Waals surface area contributed by atoms with Crippen LogP contribution in [0.3, 0.4) is 0 Å². The fraction of sp³-hybridized carbons (Fsp3) is 0.632. The highest BCUT2D eigenvalue weighted by Gasteiger charge is 2.31. The molecule has 1 aromatic rings. The Morgan fingerprint density at radius 2 is 2.00 bits per heavy atom. The van der Waals surface area contributed by atoms with E-state index in [4.69, 9.17) is 4.74 Å². The van der Waals surface area contributed by atoms with E-state index < -0.39 is 0 Å². The maximum Gasteiger partial charge on any atom is 0.234 e. The number of methoxy groups -OCH3 is 1. The van der Waals surface area contributed by atoms with Crippen LogP contribution >= 0.6 is 0 Å². The second-order valence-electron chi connectivity index (χ2n) is 7.27. The summed E-state index contributed by atoms with van der Waals surface area (Å²) in [4.78, 5) is 16.8. The first-order chi connectivity index (χ1) is 11.7. The van der Waals surface area contributed by atoms with Gasteiger partial charge in [0, 0.05) is 38.3 Å². The number of nitrogens with zero attached hydrogens (tertiary/aromatic N) is 2. The number of aryl methyl sites for hydroxylation is 1. The van der Waals surface area contributed by atoms with E-state index in [1.165, 1.54) is 17.5 Å². The molecule has 0 aromatic heterocycles. The van der Waals surface area contributed by atoms with Gasteiger partial charge < -0.3 is 10.1 Å². The topological polar surface area (TPSA) is 44.8 Å². The summed E-state index contributed by atoms with van der Waals surface area (Å²) in [7, 11) is 1.73. The highest BCUT2D eigenvalue weighted by atomic mass is 16.5. The van der Waals surface area contributed by atoms with Crippen LogP contribution in [-0.4, -0.2) is 61.6 Å². The summed E-state index contributed by atoms with van der Waals surface area (Å²) in [5, 5.41) is 3.09. The molecule has 2 aliphatic carbocycles. The predicted octanol–water partition coefficient (Wildman–Crippen LogP) is 1.58. The third kappa shape index (κ3) is 3.42. The lowest BCUT2D eigenvalue weighted by Crippen LogP contribution is -2.50. The lowest BCUT2D eigenvalue weighted by Gasteiger charge is -2.38. The van der Waals surface area contributed by atoms with Gasteiger partial charge in [-0.15, -0.1) is 0 Å². The fourth-order valence-electron chi connectivity index (χ4n) is 4.00. The van der Waals surface area contributed by atoms with E-state index in [1.54, 1.807) is 7.11 Å². The van der Waals surface area contributed by atoms with Crippen LogP contribution in [-0.2, 0) is 11.2 Å². The van der Waals surface area contributed by atoms with E-state index in [2.05, 4.69) is 33.3 Å². The molecule has 1 aromatic carbocycles. The van der Waals surface area contributed by atoms with Gasteiger partial charge in [-0.25, -0.2) is 0 Å². The van der Waals surface area contributed by atoms with Crippen molar-refractivity contribution in [3.63, 3.8) is 0 Å². The molecule has 3 aliphatic rings. The number of carbonyl (C=O) groups excluding carboxylic acids is 1. The van der Waals surface area contributed by atoms with Gasteiger partial charge in [0.2, 0.25) is 5.91 Å². The second kappa shape index (κ2) is 6.73. The Morgan fingerprint density at radius 3 is 2.71 bits per heavy atom. The summed E-state index contributed by atoms with van der Waals surface area (Å²) in [6.45, 7) is 4.59. The number of fused-ring (bicyclic) bond motifs is 1. The van der Waals surface area contributed by atoms with E-state index in [1.807, 2.05) is 0 Å². The van der Waals surface area contributed by atoms with Crippen molar-refractivity contribution in [2.45, 2.75) is 37.8 Å². The molecule has 1 atom stereocenters. The standard InChI is InChI=1S/C19H27N3O2/c1-24-16-6-2-14-3-7-18(17(14)12-16)22-10-8-21(9-11-22)13-19(23)20-15-4-5-15/h2,6,12,15,18H,3-5,7-11,13H2,1H3,(H,20,23). The molecule has 24 heavy (non-hydrogen) atoms. The van der Waals surface area contributed by atoms with Gasteiger partial charge in [-0.2, -0.15) is 0 Å². The van der Waals surface area contributed by atoms with E-state index in [9.17, 15) is 4.79 Å². The highest BCUT2D eigenvalue weighted by molar-refractivity contribution is 5.78. The maximum atomic E-state index is 12.0. The fourth-order valence-corrected chi connectivity index (χ4v) is 4.00. The summed E-state index contributed by atoms with van der Waals surface area (Å²) >= 11 is 0.